The summed E-state index contributed by atoms with van der Waals surface area (Å²) >= 11 is 0. The third kappa shape index (κ3) is 2.74. The van der Waals surface area contributed by atoms with Crippen molar-refractivity contribution in [1.82, 2.24) is 0 Å². The molecule has 2 nitrogen and oxygen atoms in total. The predicted octanol–water partition coefficient (Wildman–Crippen LogP) is 5.60. The molecule has 132 valence electrons. The van der Waals surface area contributed by atoms with Gasteiger partial charge in [0.25, 0.3) is 0 Å². The van der Waals surface area contributed by atoms with Crippen LogP contribution in [0.25, 0.3) is 0 Å². The molecule has 0 aliphatic heterocycles. The van der Waals surface area contributed by atoms with Gasteiger partial charge in [0.15, 0.2) is 0 Å². The molecule has 0 N–H and O–H groups in total. The van der Waals surface area contributed by atoms with Crippen LogP contribution >= 0.6 is 0 Å². The highest BCUT2D eigenvalue weighted by Gasteiger charge is 2.68. The van der Waals surface area contributed by atoms with E-state index in [9.17, 15) is 4.79 Å². The number of hydrogen-bond acceptors (Lipinski definition) is 2. The molecule has 0 radical (unpaired) electrons. The standard InChI is InChI=1S/C21H36O2/c1-18(2,3)13-20(7,19(4,5)6)17(22)23-16-11-14-12-21(14)10-8-9-15(16)21/h14-16H,8-13H2,1-7H3. The van der Waals surface area contributed by atoms with Gasteiger partial charge in [-0.15, -0.1) is 0 Å². The lowest BCUT2D eigenvalue weighted by Crippen LogP contribution is -2.46. The van der Waals surface area contributed by atoms with Gasteiger partial charge in [0.1, 0.15) is 6.10 Å². The Morgan fingerprint density at radius 1 is 1.13 bits per heavy atom. The van der Waals surface area contributed by atoms with E-state index in [1.165, 1.54) is 25.7 Å². The molecule has 3 aliphatic carbocycles. The zero-order valence-corrected chi connectivity index (χ0v) is 16.3. The highest BCUT2D eigenvalue weighted by molar-refractivity contribution is 5.77. The molecule has 5 atom stereocenters. The van der Waals surface area contributed by atoms with Gasteiger partial charge in [-0.05, 0) is 61.2 Å². The van der Waals surface area contributed by atoms with Crippen LogP contribution in [0, 0.1) is 33.5 Å². The van der Waals surface area contributed by atoms with E-state index in [0.717, 1.165) is 18.8 Å². The lowest BCUT2D eigenvalue weighted by molar-refractivity contribution is -0.173. The molecular formula is C21H36O2. The molecule has 0 aromatic heterocycles. The molecule has 0 aromatic carbocycles. The molecular weight excluding hydrogens is 284 g/mol. The van der Waals surface area contributed by atoms with Gasteiger partial charge in [0, 0.05) is 5.92 Å². The summed E-state index contributed by atoms with van der Waals surface area (Å²) in [6.07, 6.45) is 7.61. The SMILES string of the molecule is CC(C)(C)CC(C)(C(=O)OC1CC2CC23CCCC13)C(C)(C)C. The average molecular weight is 321 g/mol. The number of esters is 1. The van der Waals surface area contributed by atoms with Crippen molar-refractivity contribution >= 4 is 5.97 Å². The minimum absolute atomic E-state index is 0.0493. The maximum atomic E-state index is 13.2. The minimum atomic E-state index is -0.427. The first-order chi connectivity index (χ1) is 10.4. The van der Waals surface area contributed by atoms with Gasteiger partial charge in [-0.2, -0.15) is 0 Å². The van der Waals surface area contributed by atoms with Gasteiger partial charge in [0.05, 0.1) is 5.41 Å². The zero-order chi connectivity index (χ0) is 17.3. The van der Waals surface area contributed by atoms with Gasteiger partial charge < -0.3 is 4.74 Å². The van der Waals surface area contributed by atoms with Crippen LogP contribution in [-0.2, 0) is 9.53 Å². The predicted molar refractivity (Wildman–Crippen MR) is 94.0 cm³/mol. The Kier molecular flexibility index (Phi) is 3.75. The van der Waals surface area contributed by atoms with Gasteiger partial charge in [-0.25, -0.2) is 0 Å². The second-order valence-corrected chi connectivity index (χ2v) is 11.1. The first kappa shape index (κ1) is 17.3. The van der Waals surface area contributed by atoms with E-state index in [1.807, 2.05) is 0 Å². The van der Waals surface area contributed by atoms with Crippen LogP contribution in [-0.4, -0.2) is 12.1 Å². The van der Waals surface area contributed by atoms with Gasteiger partial charge in [-0.1, -0.05) is 48.0 Å². The quantitative estimate of drug-likeness (QED) is 0.633. The van der Waals surface area contributed by atoms with Crippen LogP contribution in [0.1, 0.15) is 87.0 Å². The Morgan fingerprint density at radius 3 is 2.35 bits per heavy atom. The molecule has 23 heavy (non-hydrogen) atoms. The van der Waals surface area contributed by atoms with Gasteiger partial charge in [0.2, 0.25) is 0 Å². The van der Waals surface area contributed by atoms with Crippen molar-refractivity contribution in [2.75, 3.05) is 0 Å². The Bertz CT molecular complexity index is 495. The number of carbonyl (C=O) groups is 1. The number of hydrogen-bond donors (Lipinski definition) is 0. The van der Waals surface area contributed by atoms with E-state index in [2.05, 4.69) is 48.5 Å². The first-order valence-electron chi connectivity index (χ1n) is 9.60. The van der Waals surface area contributed by atoms with Crippen LogP contribution in [0.15, 0.2) is 0 Å². The summed E-state index contributed by atoms with van der Waals surface area (Å²) in [7, 11) is 0. The van der Waals surface area contributed by atoms with Crippen LogP contribution in [0.3, 0.4) is 0 Å². The minimum Gasteiger partial charge on any atom is -0.462 e. The topological polar surface area (TPSA) is 26.3 Å². The zero-order valence-electron chi connectivity index (χ0n) is 16.3. The maximum Gasteiger partial charge on any atom is 0.312 e. The van der Waals surface area contributed by atoms with Crippen molar-refractivity contribution < 1.29 is 9.53 Å². The van der Waals surface area contributed by atoms with E-state index < -0.39 is 5.41 Å². The third-order valence-electron chi connectivity index (χ3n) is 7.39. The summed E-state index contributed by atoms with van der Waals surface area (Å²) in [5.41, 5.74) is 0.191. The van der Waals surface area contributed by atoms with E-state index in [-0.39, 0.29) is 22.9 Å². The molecule has 2 heteroatoms. The Hall–Kier alpha value is -0.530. The lowest BCUT2D eigenvalue weighted by Gasteiger charge is -2.44. The van der Waals surface area contributed by atoms with Crippen molar-refractivity contribution in [2.24, 2.45) is 33.5 Å². The highest BCUT2D eigenvalue weighted by Crippen LogP contribution is 2.73. The second kappa shape index (κ2) is 4.99. The molecule has 5 unspecified atom stereocenters. The molecule has 3 saturated carbocycles. The summed E-state index contributed by atoms with van der Waals surface area (Å²) in [6, 6.07) is 0. The monoisotopic (exact) mass is 320 g/mol. The molecule has 0 bridgehead atoms. The molecule has 0 aromatic rings. The van der Waals surface area contributed by atoms with Crippen molar-refractivity contribution in [3.05, 3.63) is 0 Å². The van der Waals surface area contributed by atoms with Gasteiger partial charge >= 0.3 is 5.97 Å². The fourth-order valence-electron chi connectivity index (χ4n) is 5.70. The maximum absolute atomic E-state index is 13.2. The molecule has 3 rings (SSSR count). The summed E-state index contributed by atoms with van der Waals surface area (Å²) in [4.78, 5) is 13.2. The van der Waals surface area contributed by atoms with Crippen molar-refractivity contribution in [3.8, 4) is 0 Å². The fraction of sp³-hybridized carbons (Fsp3) is 0.952. The summed E-state index contributed by atoms with van der Waals surface area (Å²) in [5.74, 6) is 1.57. The smallest absolute Gasteiger partial charge is 0.312 e. The first-order valence-corrected chi connectivity index (χ1v) is 9.60. The molecule has 0 saturated heterocycles. The number of carbonyl (C=O) groups excluding carboxylic acids is 1. The summed E-state index contributed by atoms with van der Waals surface area (Å²) in [6.45, 7) is 15.3. The number of ether oxygens (including phenoxy) is 1. The van der Waals surface area contributed by atoms with Crippen molar-refractivity contribution in [1.29, 1.82) is 0 Å². The summed E-state index contributed by atoms with van der Waals surface area (Å²) in [5, 5.41) is 0. The lowest BCUT2D eigenvalue weighted by atomic mass is 9.61. The second-order valence-electron chi connectivity index (χ2n) is 11.1. The van der Waals surface area contributed by atoms with E-state index in [0.29, 0.717) is 11.3 Å². The number of rotatable bonds is 3. The fourth-order valence-corrected chi connectivity index (χ4v) is 5.70. The van der Waals surface area contributed by atoms with E-state index in [1.54, 1.807) is 0 Å². The largest absolute Gasteiger partial charge is 0.462 e. The Morgan fingerprint density at radius 2 is 1.78 bits per heavy atom. The highest BCUT2D eigenvalue weighted by atomic mass is 16.5. The Labute approximate surface area is 142 Å². The molecule has 3 aliphatic rings. The van der Waals surface area contributed by atoms with Crippen LogP contribution in [0.5, 0.6) is 0 Å². The van der Waals surface area contributed by atoms with E-state index >= 15 is 0 Å². The van der Waals surface area contributed by atoms with Crippen LogP contribution in [0.2, 0.25) is 0 Å². The third-order valence-corrected chi connectivity index (χ3v) is 7.39. The molecule has 0 heterocycles. The van der Waals surface area contributed by atoms with Gasteiger partial charge in [-0.3, -0.25) is 4.79 Å². The van der Waals surface area contributed by atoms with E-state index in [4.69, 9.17) is 4.74 Å². The molecule has 3 fully saturated rings. The van der Waals surface area contributed by atoms with Crippen molar-refractivity contribution in [2.45, 2.75) is 93.1 Å². The average Bonchev–Trinajstić information content (AvgIpc) is 2.76. The van der Waals surface area contributed by atoms with Crippen molar-refractivity contribution in [3.63, 3.8) is 0 Å². The molecule has 0 amide bonds. The molecule has 1 spiro atoms. The summed E-state index contributed by atoms with van der Waals surface area (Å²) < 4.78 is 6.22. The normalized spacial score (nSPS) is 38.7. The van der Waals surface area contributed by atoms with Crippen LogP contribution < -0.4 is 0 Å². The van der Waals surface area contributed by atoms with Crippen LogP contribution in [0.4, 0.5) is 0 Å². The Balaban J connectivity index is 1.75.